The first-order valence-corrected chi connectivity index (χ1v) is 5.92. The molecular formula is C9H21NOSi. The van der Waals surface area contributed by atoms with E-state index in [1.54, 1.807) is 0 Å². The van der Waals surface area contributed by atoms with Crippen LogP contribution in [0.3, 0.4) is 0 Å². The summed E-state index contributed by atoms with van der Waals surface area (Å²) >= 11 is 0. The van der Waals surface area contributed by atoms with Gasteiger partial charge in [0.15, 0.2) is 0 Å². The first-order valence-electron chi connectivity index (χ1n) is 5.01. The number of nitrogens with one attached hydrogen (secondary N) is 1. The second-order valence-electron chi connectivity index (χ2n) is 2.94. The fourth-order valence-corrected chi connectivity index (χ4v) is 1.46. The first kappa shape index (κ1) is 12.1. The van der Waals surface area contributed by atoms with Crippen LogP contribution in [0.15, 0.2) is 0 Å². The number of hydrogen-bond donors (Lipinski definition) is 1. The molecule has 0 aliphatic carbocycles. The van der Waals surface area contributed by atoms with Crippen molar-refractivity contribution in [3.63, 3.8) is 0 Å². The van der Waals surface area contributed by atoms with E-state index in [1.165, 1.54) is 32.1 Å². The molecule has 0 aromatic heterocycles. The van der Waals surface area contributed by atoms with E-state index >= 15 is 0 Å². The molecule has 2 nitrogen and oxygen atoms in total. The Hall–Kier alpha value is 0.137. The predicted molar refractivity (Wildman–Crippen MR) is 54.1 cm³/mol. The van der Waals surface area contributed by atoms with Crippen LogP contribution in [0.4, 0.5) is 0 Å². The molecular weight excluding hydrogens is 166 g/mol. The zero-order valence-corrected chi connectivity index (χ0v) is 9.36. The molecule has 0 aliphatic heterocycles. The lowest BCUT2D eigenvalue weighted by atomic mass is 10.3. The maximum absolute atomic E-state index is 5.37. The van der Waals surface area contributed by atoms with Gasteiger partial charge in [-0.1, -0.05) is 33.1 Å². The Labute approximate surface area is 79.1 Å². The molecule has 72 valence electrons. The number of rotatable bonds is 9. The summed E-state index contributed by atoms with van der Waals surface area (Å²) in [7, 11) is 0.503. The Balaban J connectivity index is 2.73. The van der Waals surface area contributed by atoms with E-state index in [0.29, 0.717) is 9.92 Å². The minimum absolute atomic E-state index is 0.503. The Morgan fingerprint density at radius 3 is 2.50 bits per heavy atom. The van der Waals surface area contributed by atoms with Gasteiger partial charge in [-0.05, 0) is 19.4 Å². The average molecular weight is 187 g/mol. The van der Waals surface area contributed by atoms with Crippen LogP contribution in [0, 0.1) is 0 Å². The highest BCUT2D eigenvalue weighted by molar-refractivity contribution is 6.23. The smallest absolute Gasteiger partial charge is 0.337 e. The van der Waals surface area contributed by atoms with Gasteiger partial charge in [0.05, 0.1) is 0 Å². The van der Waals surface area contributed by atoms with Crippen LogP contribution in [0.25, 0.3) is 0 Å². The van der Waals surface area contributed by atoms with Gasteiger partial charge in [0.25, 0.3) is 0 Å². The molecule has 0 amide bonds. The molecule has 1 N–H and O–H groups in total. The summed E-state index contributed by atoms with van der Waals surface area (Å²) in [5.41, 5.74) is 0. The van der Waals surface area contributed by atoms with E-state index in [4.69, 9.17) is 4.43 Å². The van der Waals surface area contributed by atoms with Crippen LogP contribution in [-0.4, -0.2) is 23.1 Å². The quantitative estimate of drug-likeness (QED) is 0.441. The van der Waals surface area contributed by atoms with Crippen LogP contribution in [0.1, 0.15) is 46.0 Å². The van der Waals surface area contributed by atoms with Crippen molar-refractivity contribution in [2.75, 3.05) is 13.2 Å². The van der Waals surface area contributed by atoms with E-state index in [9.17, 15) is 0 Å². The van der Waals surface area contributed by atoms with Crippen LogP contribution in [0.5, 0.6) is 0 Å². The highest BCUT2D eigenvalue weighted by atomic mass is 28.2. The lowest BCUT2D eigenvalue weighted by Crippen LogP contribution is -2.23. The monoisotopic (exact) mass is 187 g/mol. The van der Waals surface area contributed by atoms with Gasteiger partial charge in [0.2, 0.25) is 0 Å². The molecule has 0 aliphatic rings. The first-order chi connectivity index (χ1) is 5.91. The second-order valence-corrected chi connectivity index (χ2v) is 3.78. The molecule has 0 atom stereocenters. The topological polar surface area (TPSA) is 21.3 Å². The predicted octanol–water partition coefficient (Wildman–Crippen LogP) is 2.12. The van der Waals surface area contributed by atoms with E-state index in [0.717, 1.165) is 13.2 Å². The van der Waals surface area contributed by atoms with Gasteiger partial charge < -0.3 is 9.41 Å². The Kier molecular flexibility index (Phi) is 11.3. The standard InChI is InChI=1S/C9H21NOSi/c1-3-5-7-8-10-12-11-9-6-4-2/h10H,3-9H2,1-2H3. The van der Waals surface area contributed by atoms with Gasteiger partial charge in [-0.15, -0.1) is 0 Å². The molecule has 0 saturated heterocycles. The summed E-state index contributed by atoms with van der Waals surface area (Å²) in [6, 6.07) is 0. The lowest BCUT2D eigenvalue weighted by Gasteiger charge is -2.02. The minimum atomic E-state index is 0.503. The fourth-order valence-electron chi connectivity index (χ4n) is 0.833. The van der Waals surface area contributed by atoms with Gasteiger partial charge in [-0.3, -0.25) is 0 Å². The third-order valence-electron chi connectivity index (χ3n) is 1.65. The Morgan fingerprint density at radius 2 is 1.83 bits per heavy atom. The zero-order valence-electron chi connectivity index (χ0n) is 8.36. The fraction of sp³-hybridized carbons (Fsp3) is 1.00. The third kappa shape index (κ3) is 10.1. The van der Waals surface area contributed by atoms with E-state index in [-0.39, 0.29) is 0 Å². The summed E-state index contributed by atoms with van der Waals surface area (Å²) in [5, 5.41) is 0. The summed E-state index contributed by atoms with van der Waals surface area (Å²) in [6.45, 7) is 6.43. The van der Waals surface area contributed by atoms with E-state index in [2.05, 4.69) is 18.8 Å². The molecule has 0 heterocycles. The summed E-state index contributed by atoms with van der Waals surface area (Å²) in [6.07, 6.45) is 6.30. The number of hydrogen-bond acceptors (Lipinski definition) is 2. The van der Waals surface area contributed by atoms with Gasteiger partial charge in [0, 0.05) is 6.61 Å². The molecule has 0 saturated carbocycles. The van der Waals surface area contributed by atoms with E-state index in [1.807, 2.05) is 0 Å². The highest BCUT2D eigenvalue weighted by Gasteiger charge is 1.90. The normalized spacial score (nSPS) is 10.5. The molecule has 0 aromatic rings. The summed E-state index contributed by atoms with van der Waals surface area (Å²) in [5.74, 6) is 0. The van der Waals surface area contributed by atoms with Crippen LogP contribution in [-0.2, 0) is 4.43 Å². The molecule has 2 radical (unpaired) electrons. The van der Waals surface area contributed by atoms with E-state index < -0.39 is 0 Å². The molecule has 0 aromatic carbocycles. The minimum Gasteiger partial charge on any atom is -0.402 e. The van der Waals surface area contributed by atoms with Gasteiger partial charge in [-0.25, -0.2) is 0 Å². The maximum atomic E-state index is 5.37. The molecule has 0 fully saturated rings. The van der Waals surface area contributed by atoms with Crippen molar-refractivity contribution in [3.8, 4) is 0 Å². The molecule has 3 heteroatoms. The molecule has 0 unspecified atom stereocenters. The van der Waals surface area contributed by atoms with Gasteiger partial charge >= 0.3 is 9.92 Å². The van der Waals surface area contributed by atoms with Crippen molar-refractivity contribution in [1.82, 2.24) is 4.98 Å². The third-order valence-corrected chi connectivity index (χ3v) is 2.39. The van der Waals surface area contributed by atoms with Crippen molar-refractivity contribution in [2.45, 2.75) is 46.0 Å². The average Bonchev–Trinajstić information content (AvgIpc) is 2.10. The Bertz CT molecular complexity index is 70.9. The molecule has 12 heavy (non-hydrogen) atoms. The molecule has 0 spiro atoms. The SMILES string of the molecule is CCCCCN[Si]OCCCC. The van der Waals surface area contributed by atoms with Crippen molar-refractivity contribution >= 4 is 9.92 Å². The maximum Gasteiger partial charge on any atom is 0.337 e. The summed E-state index contributed by atoms with van der Waals surface area (Å²) < 4.78 is 5.37. The lowest BCUT2D eigenvalue weighted by molar-refractivity contribution is 0.319. The largest absolute Gasteiger partial charge is 0.402 e. The molecule has 0 rings (SSSR count). The number of unbranched alkanes of at least 4 members (excludes halogenated alkanes) is 3. The van der Waals surface area contributed by atoms with Crippen molar-refractivity contribution in [3.05, 3.63) is 0 Å². The van der Waals surface area contributed by atoms with Gasteiger partial charge in [-0.2, -0.15) is 0 Å². The highest BCUT2D eigenvalue weighted by Crippen LogP contribution is 1.90. The van der Waals surface area contributed by atoms with Crippen molar-refractivity contribution < 1.29 is 4.43 Å². The Morgan fingerprint density at radius 1 is 1.08 bits per heavy atom. The second kappa shape index (κ2) is 11.1. The van der Waals surface area contributed by atoms with Crippen molar-refractivity contribution in [1.29, 1.82) is 0 Å². The van der Waals surface area contributed by atoms with Crippen LogP contribution in [0.2, 0.25) is 0 Å². The van der Waals surface area contributed by atoms with Crippen LogP contribution >= 0.6 is 0 Å². The van der Waals surface area contributed by atoms with Crippen molar-refractivity contribution in [2.24, 2.45) is 0 Å². The van der Waals surface area contributed by atoms with Gasteiger partial charge in [0.1, 0.15) is 0 Å². The van der Waals surface area contributed by atoms with Crippen LogP contribution < -0.4 is 4.98 Å². The molecule has 0 bridgehead atoms. The zero-order chi connectivity index (χ0) is 9.07. The summed E-state index contributed by atoms with van der Waals surface area (Å²) in [4.78, 5) is 3.28.